The zero-order valence-corrected chi connectivity index (χ0v) is 17.1. The highest BCUT2D eigenvalue weighted by Gasteiger charge is 2.32. The molecule has 0 aromatic heterocycles. The van der Waals surface area contributed by atoms with Crippen molar-refractivity contribution in [2.45, 2.75) is 58.2 Å². The van der Waals surface area contributed by atoms with Crippen molar-refractivity contribution in [2.75, 3.05) is 58.9 Å². The van der Waals surface area contributed by atoms with Gasteiger partial charge in [0.05, 0.1) is 0 Å². The Morgan fingerprint density at radius 2 is 1.88 bits per heavy atom. The Kier molecular flexibility index (Phi) is 8.60. The van der Waals surface area contributed by atoms with Crippen LogP contribution in [0.1, 0.15) is 40.5 Å². The maximum atomic E-state index is 11.8. The molecule has 1 amide bonds. The van der Waals surface area contributed by atoms with Gasteiger partial charge < -0.3 is 20.7 Å². The van der Waals surface area contributed by atoms with Gasteiger partial charge in [-0.1, -0.05) is 6.92 Å². The van der Waals surface area contributed by atoms with Crippen molar-refractivity contribution >= 4 is 6.09 Å². The van der Waals surface area contributed by atoms with Gasteiger partial charge in [-0.3, -0.25) is 9.80 Å². The smallest absolute Gasteiger partial charge is 0.407 e. The molecule has 2 fully saturated rings. The van der Waals surface area contributed by atoms with Crippen LogP contribution in [0.15, 0.2) is 0 Å². The van der Waals surface area contributed by atoms with E-state index in [9.17, 15) is 4.79 Å². The summed E-state index contributed by atoms with van der Waals surface area (Å²) in [6.45, 7) is 17.3. The monoisotopic (exact) mass is 369 g/mol. The number of rotatable bonds is 7. The van der Waals surface area contributed by atoms with E-state index in [0.717, 1.165) is 58.8 Å². The fraction of sp³-hybridized carbons (Fsp3) is 0.947. The van der Waals surface area contributed by atoms with Crippen LogP contribution in [-0.2, 0) is 4.74 Å². The topological polar surface area (TPSA) is 68.9 Å². The fourth-order valence-electron chi connectivity index (χ4n) is 4.00. The van der Waals surface area contributed by atoms with Gasteiger partial charge >= 0.3 is 6.09 Å². The van der Waals surface area contributed by atoms with Gasteiger partial charge in [0.2, 0.25) is 0 Å². The van der Waals surface area contributed by atoms with Crippen LogP contribution in [0.4, 0.5) is 4.79 Å². The van der Waals surface area contributed by atoms with Gasteiger partial charge in [-0.25, -0.2) is 4.79 Å². The molecule has 0 radical (unpaired) electrons. The van der Waals surface area contributed by atoms with Gasteiger partial charge in [-0.05, 0) is 33.6 Å². The highest BCUT2D eigenvalue weighted by atomic mass is 16.6. The van der Waals surface area contributed by atoms with Crippen molar-refractivity contribution in [3.05, 3.63) is 0 Å². The van der Waals surface area contributed by atoms with E-state index in [1.165, 1.54) is 6.42 Å². The van der Waals surface area contributed by atoms with Crippen LogP contribution in [0.2, 0.25) is 0 Å². The third-order valence-electron chi connectivity index (χ3n) is 5.17. The number of ether oxygens (including phenoxy) is 1. The number of carbonyl (C=O) groups is 1. The fourth-order valence-corrected chi connectivity index (χ4v) is 4.00. The van der Waals surface area contributed by atoms with E-state index in [4.69, 9.17) is 4.74 Å². The molecule has 0 spiro atoms. The first-order valence-corrected chi connectivity index (χ1v) is 10.3. The van der Waals surface area contributed by atoms with E-state index in [1.807, 2.05) is 20.8 Å². The molecular formula is C19H39N5O2. The summed E-state index contributed by atoms with van der Waals surface area (Å²) < 4.78 is 5.30. The van der Waals surface area contributed by atoms with Crippen molar-refractivity contribution in [3.63, 3.8) is 0 Å². The molecule has 2 aliphatic rings. The number of nitrogens with one attached hydrogen (secondary N) is 3. The van der Waals surface area contributed by atoms with Gasteiger partial charge in [-0.15, -0.1) is 0 Å². The third-order valence-corrected chi connectivity index (χ3v) is 5.17. The van der Waals surface area contributed by atoms with E-state index in [-0.39, 0.29) is 6.09 Å². The molecule has 2 rings (SSSR count). The summed E-state index contributed by atoms with van der Waals surface area (Å²) in [5.74, 6) is 0. The van der Waals surface area contributed by atoms with Gasteiger partial charge in [0, 0.05) is 71.0 Å². The molecule has 2 heterocycles. The Hall–Kier alpha value is -0.890. The van der Waals surface area contributed by atoms with Crippen molar-refractivity contribution in [3.8, 4) is 0 Å². The van der Waals surface area contributed by atoms with Crippen molar-refractivity contribution in [1.29, 1.82) is 0 Å². The van der Waals surface area contributed by atoms with Crippen LogP contribution >= 0.6 is 0 Å². The molecule has 3 N–H and O–H groups in total. The molecule has 152 valence electrons. The maximum Gasteiger partial charge on any atom is 0.407 e. The van der Waals surface area contributed by atoms with E-state index in [1.54, 1.807) is 0 Å². The van der Waals surface area contributed by atoms with E-state index < -0.39 is 5.60 Å². The Morgan fingerprint density at radius 1 is 1.19 bits per heavy atom. The minimum Gasteiger partial charge on any atom is -0.444 e. The molecule has 0 aromatic carbocycles. The SMILES string of the molecule is CCC(C1CNCCN1CCCNC(=O)OC(C)(C)C)N1CCNCC1. The zero-order chi connectivity index (χ0) is 19.0. The number of hydrogen-bond donors (Lipinski definition) is 3. The first-order chi connectivity index (χ1) is 12.4. The summed E-state index contributed by atoms with van der Waals surface area (Å²) in [5, 5.41) is 9.91. The number of nitrogens with zero attached hydrogens (tertiary/aromatic N) is 2. The summed E-state index contributed by atoms with van der Waals surface area (Å²) in [5.41, 5.74) is -0.439. The number of carbonyl (C=O) groups excluding carboxylic acids is 1. The molecule has 7 heteroatoms. The second-order valence-electron chi connectivity index (χ2n) is 8.35. The third kappa shape index (κ3) is 7.02. The maximum absolute atomic E-state index is 11.8. The molecule has 2 aliphatic heterocycles. The largest absolute Gasteiger partial charge is 0.444 e. The quantitative estimate of drug-likeness (QED) is 0.579. The average Bonchev–Trinajstić information content (AvgIpc) is 2.60. The summed E-state index contributed by atoms with van der Waals surface area (Å²) in [4.78, 5) is 17.0. The highest BCUT2D eigenvalue weighted by Crippen LogP contribution is 2.17. The zero-order valence-electron chi connectivity index (χ0n) is 17.1. The summed E-state index contributed by atoms with van der Waals surface area (Å²) in [6, 6.07) is 1.15. The first kappa shape index (κ1) is 21.4. The second kappa shape index (κ2) is 10.4. The molecule has 2 saturated heterocycles. The Morgan fingerprint density at radius 3 is 2.54 bits per heavy atom. The van der Waals surface area contributed by atoms with Crippen LogP contribution in [0, 0.1) is 0 Å². The lowest BCUT2D eigenvalue weighted by Gasteiger charge is -2.46. The number of piperazine rings is 2. The number of amides is 1. The van der Waals surface area contributed by atoms with E-state index in [0.29, 0.717) is 18.6 Å². The van der Waals surface area contributed by atoms with E-state index in [2.05, 4.69) is 32.7 Å². The minimum absolute atomic E-state index is 0.318. The standard InChI is InChI=1S/C19H39N5O2/c1-5-16(24-12-8-20-9-13-24)17-15-21-10-14-23(17)11-6-7-22-18(25)26-19(2,3)4/h16-17,20-21H,5-15H2,1-4H3,(H,22,25). The van der Waals surface area contributed by atoms with Gasteiger partial charge in [0.15, 0.2) is 0 Å². The summed E-state index contributed by atoms with van der Waals surface area (Å²) in [6.07, 6.45) is 1.81. The summed E-state index contributed by atoms with van der Waals surface area (Å²) in [7, 11) is 0. The van der Waals surface area contributed by atoms with Crippen molar-refractivity contribution in [2.24, 2.45) is 0 Å². The second-order valence-corrected chi connectivity index (χ2v) is 8.35. The minimum atomic E-state index is -0.439. The molecule has 2 unspecified atom stereocenters. The molecule has 26 heavy (non-hydrogen) atoms. The lowest BCUT2D eigenvalue weighted by Crippen LogP contribution is -2.62. The van der Waals surface area contributed by atoms with Crippen LogP contribution < -0.4 is 16.0 Å². The average molecular weight is 370 g/mol. The molecule has 0 bridgehead atoms. The lowest BCUT2D eigenvalue weighted by molar-refractivity contribution is 0.0470. The van der Waals surface area contributed by atoms with Gasteiger partial charge in [-0.2, -0.15) is 0 Å². The Bertz CT molecular complexity index is 421. The van der Waals surface area contributed by atoms with Crippen LogP contribution in [-0.4, -0.2) is 92.5 Å². The van der Waals surface area contributed by atoms with E-state index >= 15 is 0 Å². The molecule has 0 aliphatic carbocycles. The Balaban J connectivity index is 1.79. The van der Waals surface area contributed by atoms with Gasteiger partial charge in [0.1, 0.15) is 5.60 Å². The van der Waals surface area contributed by atoms with Crippen LogP contribution in [0.5, 0.6) is 0 Å². The predicted octanol–water partition coefficient (Wildman–Crippen LogP) is 0.859. The van der Waals surface area contributed by atoms with Crippen LogP contribution in [0.3, 0.4) is 0 Å². The first-order valence-electron chi connectivity index (χ1n) is 10.3. The van der Waals surface area contributed by atoms with Gasteiger partial charge in [0.25, 0.3) is 0 Å². The Labute approximate surface area is 159 Å². The van der Waals surface area contributed by atoms with Crippen molar-refractivity contribution < 1.29 is 9.53 Å². The summed E-state index contributed by atoms with van der Waals surface area (Å²) >= 11 is 0. The highest BCUT2D eigenvalue weighted by molar-refractivity contribution is 5.67. The molecular weight excluding hydrogens is 330 g/mol. The number of hydrogen-bond acceptors (Lipinski definition) is 6. The molecule has 7 nitrogen and oxygen atoms in total. The van der Waals surface area contributed by atoms with Crippen LogP contribution in [0.25, 0.3) is 0 Å². The predicted molar refractivity (Wildman–Crippen MR) is 106 cm³/mol. The molecule has 0 aromatic rings. The number of alkyl carbamates (subject to hydrolysis) is 1. The molecule has 2 atom stereocenters. The normalized spacial score (nSPS) is 24.2. The lowest BCUT2D eigenvalue weighted by atomic mass is 9.99. The molecule has 0 saturated carbocycles. The van der Waals surface area contributed by atoms with Crippen molar-refractivity contribution in [1.82, 2.24) is 25.8 Å².